The molecular formula is C14H28N4O2S. The maximum absolute atomic E-state index is 12.4. The zero-order valence-corrected chi connectivity index (χ0v) is 13.7. The topological polar surface area (TPSA) is 64.7 Å². The van der Waals surface area contributed by atoms with Crippen LogP contribution in [0.4, 0.5) is 0 Å². The zero-order chi connectivity index (χ0) is 14.9. The van der Waals surface area contributed by atoms with Crippen molar-refractivity contribution >= 4 is 10.2 Å². The molecule has 0 aromatic rings. The van der Waals surface area contributed by atoms with Gasteiger partial charge in [-0.2, -0.15) is 17.4 Å². The molecule has 1 unspecified atom stereocenters. The summed E-state index contributed by atoms with van der Waals surface area (Å²) in [7, 11) is -1.26. The van der Waals surface area contributed by atoms with E-state index in [-0.39, 0.29) is 6.04 Å². The van der Waals surface area contributed by atoms with E-state index in [1.54, 1.807) is 4.31 Å². The number of nitrogens with zero attached hydrogens (tertiary/aromatic N) is 2. The van der Waals surface area contributed by atoms with E-state index >= 15 is 0 Å². The lowest BCUT2D eigenvalue weighted by atomic mass is 9.98. The molecule has 21 heavy (non-hydrogen) atoms. The summed E-state index contributed by atoms with van der Waals surface area (Å²) >= 11 is 0. The standard InChI is InChI=1S/C14H28N4O2S/c1-17-7-6-14(11-17)16-21(19,20)18-8-4-12(5-9-18)10-15-13-2-3-13/h12-16H,2-11H2,1H3. The fourth-order valence-corrected chi connectivity index (χ4v) is 4.75. The molecular weight excluding hydrogens is 288 g/mol. The summed E-state index contributed by atoms with van der Waals surface area (Å²) in [6, 6.07) is 0.821. The van der Waals surface area contributed by atoms with Gasteiger partial charge in [0.1, 0.15) is 0 Å². The van der Waals surface area contributed by atoms with Gasteiger partial charge in [0.2, 0.25) is 0 Å². The Kier molecular flexibility index (Phi) is 4.85. The quantitative estimate of drug-likeness (QED) is 0.723. The Labute approximate surface area is 128 Å². The largest absolute Gasteiger partial charge is 0.314 e. The van der Waals surface area contributed by atoms with Crippen molar-refractivity contribution in [1.82, 2.24) is 19.2 Å². The van der Waals surface area contributed by atoms with Crippen molar-refractivity contribution in [2.24, 2.45) is 5.92 Å². The fraction of sp³-hybridized carbons (Fsp3) is 1.00. The Morgan fingerprint density at radius 3 is 2.29 bits per heavy atom. The van der Waals surface area contributed by atoms with Crippen LogP contribution in [-0.2, 0) is 10.2 Å². The number of likely N-dealkylation sites (N-methyl/N-ethyl adjacent to an activating group) is 1. The summed E-state index contributed by atoms with van der Waals surface area (Å²) in [5, 5.41) is 3.55. The van der Waals surface area contributed by atoms with Gasteiger partial charge in [-0.1, -0.05) is 0 Å². The number of hydrogen-bond donors (Lipinski definition) is 2. The Hall–Kier alpha value is -0.210. The normalized spacial score (nSPS) is 30.0. The molecule has 1 saturated carbocycles. The maximum Gasteiger partial charge on any atom is 0.279 e. The van der Waals surface area contributed by atoms with Crippen LogP contribution >= 0.6 is 0 Å². The number of rotatable bonds is 6. The third-order valence-electron chi connectivity index (χ3n) is 4.89. The first-order valence-corrected chi connectivity index (χ1v) is 9.66. The first-order chi connectivity index (χ1) is 10.0. The van der Waals surface area contributed by atoms with Gasteiger partial charge >= 0.3 is 0 Å². The molecule has 0 aromatic carbocycles. The monoisotopic (exact) mass is 316 g/mol. The molecule has 122 valence electrons. The summed E-state index contributed by atoms with van der Waals surface area (Å²) in [5.41, 5.74) is 0. The highest BCUT2D eigenvalue weighted by atomic mass is 32.2. The van der Waals surface area contributed by atoms with Crippen LogP contribution in [0.15, 0.2) is 0 Å². The van der Waals surface area contributed by atoms with Gasteiger partial charge in [-0.15, -0.1) is 0 Å². The van der Waals surface area contributed by atoms with Crippen LogP contribution in [0.5, 0.6) is 0 Å². The van der Waals surface area contributed by atoms with Crippen molar-refractivity contribution in [1.29, 1.82) is 0 Å². The first kappa shape index (κ1) is 15.7. The van der Waals surface area contributed by atoms with Crippen molar-refractivity contribution < 1.29 is 8.42 Å². The summed E-state index contributed by atoms with van der Waals surface area (Å²) in [4.78, 5) is 2.17. The Bertz CT molecular complexity index is 444. The molecule has 3 fully saturated rings. The van der Waals surface area contributed by atoms with E-state index in [0.29, 0.717) is 19.0 Å². The molecule has 1 atom stereocenters. The lowest BCUT2D eigenvalue weighted by molar-refractivity contribution is 0.263. The minimum Gasteiger partial charge on any atom is -0.314 e. The van der Waals surface area contributed by atoms with E-state index < -0.39 is 10.2 Å². The van der Waals surface area contributed by atoms with E-state index in [1.807, 2.05) is 7.05 Å². The van der Waals surface area contributed by atoms with Gasteiger partial charge in [0.15, 0.2) is 0 Å². The van der Waals surface area contributed by atoms with Crippen LogP contribution in [0.25, 0.3) is 0 Å². The van der Waals surface area contributed by atoms with Crippen LogP contribution in [0.2, 0.25) is 0 Å². The van der Waals surface area contributed by atoms with Gasteiger partial charge in [-0.25, -0.2) is 0 Å². The summed E-state index contributed by atoms with van der Waals surface area (Å²) in [6.45, 7) is 4.17. The van der Waals surface area contributed by atoms with Gasteiger partial charge in [0.05, 0.1) is 0 Å². The van der Waals surface area contributed by atoms with Crippen LogP contribution in [0.1, 0.15) is 32.1 Å². The molecule has 2 aliphatic heterocycles. The summed E-state index contributed by atoms with van der Waals surface area (Å²) < 4.78 is 29.3. The Balaban J connectivity index is 1.43. The van der Waals surface area contributed by atoms with Crippen LogP contribution < -0.4 is 10.0 Å². The van der Waals surface area contributed by atoms with E-state index in [1.165, 1.54) is 12.8 Å². The second-order valence-electron chi connectivity index (χ2n) is 6.90. The molecule has 3 aliphatic rings. The number of piperidine rings is 1. The molecule has 0 amide bonds. The van der Waals surface area contributed by atoms with Gasteiger partial charge in [0, 0.05) is 31.7 Å². The highest BCUT2D eigenvalue weighted by Crippen LogP contribution is 2.23. The smallest absolute Gasteiger partial charge is 0.279 e. The third-order valence-corrected chi connectivity index (χ3v) is 6.57. The maximum atomic E-state index is 12.4. The van der Waals surface area contributed by atoms with Crippen molar-refractivity contribution in [3.05, 3.63) is 0 Å². The summed E-state index contributed by atoms with van der Waals surface area (Å²) in [6.07, 6.45) is 5.49. The van der Waals surface area contributed by atoms with Crippen molar-refractivity contribution in [3.8, 4) is 0 Å². The van der Waals surface area contributed by atoms with Gasteiger partial charge in [0.25, 0.3) is 10.2 Å². The van der Waals surface area contributed by atoms with Gasteiger partial charge < -0.3 is 10.2 Å². The van der Waals surface area contributed by atoms with Gasteiger partial charge in [-0.3, -0.25) is 0 Å². The fourth-order valence-electron chi connectivity index (χ4n) is 3.29. The average Bonchev–Trinajstić information content (AvgIpc) is 3.20. The number of nitrogens with one attached hydrogen (secondary N) is 2. The van der Waals surface area contributed by atoms with Gasteiger partial charge in [-0.05, 0) is 58.2 Å². The van der Waals surface area contributed by atoms with Crippen molar-refractivity contribution in [2.45, 2.75) is 44.2 Å². The molecule has 0 spiro atoms. The highest BCUT2D eigenvalue weighted by Gasteiger charge is 2.32. The predicted octanol–water partition coefficient (Wildman–Crippen LogP) is -0.0111. The summed E-state index contributed by atoms with van der Waals surface area (Å²) in [5.74, 6) is 0.634. The van der Waals surface area contributed by atoms with E-state index in [0.717, 1.165) is 44.9 Å². The van der Waals surface area contributed by atoms with Crippen LogP contribution in [-0.4, -0.2) is 69.5 Å². The Morgan fingerprint density at radius 2 is 1.71 bits per heavy atom. The average molecular weight is 316 g/mol. The van der Waals surface area contributed by atoms with E-state index in [2.05, 4.69) is 14.9 Å². The van der Waals surface area contributed by atoms with Crippen LogP contribution in [0.3, 0.4) is 0 Å². The van der Waals surface area contributed by atoms with Crippen molar-refractivity contribution in [2.75, 3.05) is 39.8 Å². The lowest BCUT2D eigenvalue weighted by Crippen LogP contribution is -2.49. The second kappa shape index (κ2) is 6.50. The predicted molar refractivity (Wildman–Crippen MR) is 83.3 cm³/mol. The number of likely N-dealkylation sites (tertiary alicyclic amines) is 1. The SMILES string of the molecule is CN1CCC(NS(=O)(=O)N2CCC(CNC3CC3)CC2)C1. The molecule has 0 aromatic heterocycles. The minimum atomic E-state index is -3.30. The Morgan fingerprint density at radius 1 is 1.00 bits per heavy atom. The number of hydrogen-bond acceptors (Lipinski definition) is 4. The third kappa shape index (κ3) is 4.39. The molecule has 2 heterocycles. The highest BCUT2D eigenvalue weighted by molar-refractivity contribution is 7.87. The molecule has 2 N–H and O–H groups in total. The van der Waals surface area contributed by atoms with E-state index in [4.69, 9.17) is 0 Å². The minimum absolute atomic E-state index is 0.0780. The van der Waals surface area contributed by atoms with Crippen LogP contribution in [0, 0.1) is 5.92 Å². The molecule has 3 rings (SSSR count). The van der Waals surface area contributed by atoms with E-state index in [9.17, 15) is 8.42 Å². The second-order valence-corrected chi connectivity index (χ2v) is 8.60. The molecule has 6 nitrogen and oxygen atoms in total. The zero-order valence-electron chi connectivity index (χ0n) is 12.9. The molecule has 7 heteroatoms. The van der Waals surface area contributed by atoms with Crippen molar-refractivity contribution in [3.63, 3.8) is 0 Å². The first-order valence-electron chi connectivity index (χ1n) is 8.22. The molecule has 1 aliphatic carbocycles. The molecule has 0 radical (unpaired) electrons. The molecule has 0 bridgehead atoms. The molecule has 2 saturated heterocycles. The lowest BCUT2D eigenvalue weighted by Gasteiger charge is -2.32.